The Balaban J connectivity index is 2.12. The van der Waals surface area contributed by atoms with Crippen LogP contribution in [0.1, 0.15) is 17.0 Å². The second kappa shape index (κ2) is 4.76. The van der Waals surface area contributed by atoms with Gasteiger partial charge in [-0.3, -0.25) is 0 Å². The Labute approximate surface area is 112 Å². The quantitative estimate of drug-likeness (QED) is 0.789. The third kappa shape index (κ3) is 1.94. The van der Waals surface area contributed by atoms with Crippen LogP contribution in [0.5, 0.6) is 0 Å². The number of benzene rings is 1. The first-order valence-corrected chi connectivity index (χ1v) is 7.49. The molecule has 94 valence electrons. The van der Waals surface area contributed by atoms with E-state index in [1.165, 1.54) is 16.7 Å². The number of fused-ring (bicyclic) bond motifs is 1. The molecule has 18 heavy (non-hydrogen) atoms. The highest BCUT2D eigenvalue weighted by Crippen LogP contribution is 2.26. The highest BCUT2D eigenvalue weighted by molar-refractivity contribution is 7.99. The lowest BCUT2D eigenvalue weighted by molar-refractivity contribution is 0.731. The van der Waals surface area contributed by atoms with Crippen LogP contribution in [0.15, 0.2) is 18.2 Å². The molecule has 1 aliphatic heterocycles. The van der Waals surface area contributed by atoms with Gasteiger partial charge in [-0.1, -0.05) is 18.2 Å². The Morgan fingerprint density at radius 3 is 2.94 bits per heavy atom. The number of nitrogens with zero attached hydrogens (tertiary/aromatic N) is 3. The van der Waals surface area contributed by atoms with Gasteiger partial charge in [-0.15, -0.1) is 10.2 Å². The molecule has 0 saturated heterocycles. The normalized spacial score (nSPS) is 15.2. The highest BCUT2D eigenvalue weighted by Gasteiger charge is 2.17. The number of aromatic nitrogens is 3. The van der Waals surface area contributed by atoms with Gasteiger partial charge in [0.2, 0.25) is 0 Å². The van der Waals surface area contributed by atoms with E-state index in [0.29, 0.717) is 0 Å². The first-order valence-electron chi connectivity index (χ1n) is 6.34. The molecule has 2 heterocycles. The van der Waals surface area contributed by atoms with E-state index in [9.17, 15) is 0 Å². The van der Waals surface area contributed by atoms with Crippen molar-refractivity contribution in [2.75, 3.05) is 11.5 Å². The summed E-state index contributed by atoms with van der Waals surface area (Å²) < 4.78 is 2.29. The maximum absolute atomic E-state index is 4.42. The van der Waals surface area contributed by atoms with Crippen LogP contribution in [-0.2, 0) is 13.0 Å². The largest absolute Gasteiger partial charge is 0.310 e. The van der Waals surface area contributed by atoms with E-state index in [2.05, 4.69) is 46.8 Å². The number of hydrogen-bond acceptors (Lipinski definition) is 3. The van der Waals surface area contributed by atoms with Gasteiger partial charge >= 0.3 is 0 Å². The summed E-state index contributed by atoms with van der Waals surface area (Å²) in [6.07, 6.45) is 1.03. The van der Waals surface area contributed by atoms with Gasteiger partial charge < -0.3 is 4.57 Å². The molecule has 3 rings (SSSR count). The summed E-state index contributed by atoms with van der Waals surface area (Å²) in [5.41, 5.74) is 3.85. The van der Waals surface area contributed by atoms with E-state index in [0.717, 1.165) is 36.1 Å². The average Bonchev–Trinajstić information content (AvgIpc) is 2.62. The maximum Gasteiger partial charge on any atom is 0.164 e. The minimum Gasteiger partial charge on any atom is -0.310 e. The standard InChI is InChI=1S/C14H17N3S/c1-10-4-3-5-12(11(10)2)14-16-15-13-6-8-18-9-7-17(13)14/h3-5H,6-9H2,1-2H3. The van der Waals surface area contributed by atoms with Gasteiger partial charge in [0.15, 0.2) is 5.82 Å². The lowest BCUT2D eigenvalue weighted by Gasteiger charge is -2.10. The first kappa shape index (κ1) is 11.8. The molecule has 0 aliphatic carbocycles. The molecule has 0 unspecified atom stereocenters. The molecule has 0 radical (unpaired) electrons. The van der Waals surface area contributed by atoms with Crippen LogP contribution in [0.2, 0.25) is 0 Å². The summed E-state index contributed by atoms with van der Waals surface area (Å²) in [4.78, 5) is 0. The van der Waals surface area contributed by atoms with Crippen molar-refractivity contribution in [1.29, 1.82) is 0 Å². The Morgan fingerprint density at radius 1 is 1.17 bits per heavy atom. The van der Waals surface area contributed by atoms with E-state index >= 15 is 0 Å². The van der Waals surface area contributed by atoms with Crippen molar-refractivity contribution in [1.82, 2.24) is 14.8 Å². The number of aryl methyl sites for hydroxylation is 2. The smallest absolute Gasteiger partial charge is 0.164 e. The van der Waals surface area contributed by atoms with E-state index in [-0.39, 0.29) is 0 Å². The van der Waals surface area contributed by atoms with E-state index in [1.54, 1.807) is 0 Å². The first-order chi connectivity index (χ1) is 8.77. The molecule has 1 aliphatic rings. The molecular formula is C14H17N3S. The molecule has 0 spiro atoms. The molecule has 4 heteroatoms. The average molecular weight is 259 g/mol. The van der Waals surface area contributed by atoms with Gasteiger partial charge in [-0.25, -0.2) is 0 Å². The topological polar surface area (TPSA) is 30.7 Å². The molecule has 0 fully saturated rings. The Bertz CT molecular complexity index is 574. The molecule has 0 amide bonds. The molecule has 2 aromatic rings. The lowest BCUT2D eigenvalue weighted by Crippen LogP contribution is -2.05. The third-order valence-electron chi connectivity index (χ3n) is 3.60. The van der Waals surface area contributed by atoms with Crippen LogP contribution in [0.3, 0.4) is 0 Å². The van der Waals surface area contributed by atoms with Crippen LogP contribution in [0, 0.1) is 13.8 Å². The van der Waals surface area contributed by atoms with Crippen molar-refractivity contribution < 1.29 is 0 Å². The van der Waals surface area contributed by atoms with Crippen molar-refractivity contribution in [3.63, 3.8) is 0 Å². The molecule has 0 atom stereocenters. The summed E-state index contributed by atoms with van der Waals surface area (Å²) in [5, 5.41) is 8.78. The fourth-order valence-corrected chi connectivity index (χ4v) is 3.21. The molecule has 1 aromatic carbocycles. The van der Waals surface area contributed by atoms with Gasteiger partial charge in [0.25, 0.3) is 0 Å². The highest BCUT2D eigenvalue weighted by atomic mass is 32.2. The summed E-state index contributed by atoms with van der Waals surface area (Å²) >= 11 is 2.00. The van der Waals surface area contributed by atoms with Crippen molar-refractivity contribution in [3.8, 4) is 11.4 Å². The molecular weight excluding hydrogens is 242 g/mol. The molecule has 1 aromatic heterocycles. The number of hydrogen-bond donors (Lipinski definition) is 0. The Kier molecular flexibility index (Phi) is 3.12. The molecule has 0 bridgehead atoms. The zero-order valence-corrected chi connectivity index (χ0v) is 11.6. The minimum atomic E-state index is 1.02. The SMILES string of the molecule is Cc1cccc(-c2nnc3n2CCSCC3)c1C. The third-order valence-corrected chi connectivity index (χ3v) is 4.57. The molecule has 0 saturated carbocycles. The van der Waals surface area contributed by atoms with Gasteiger partial charge in [-0.05, 0) is 25.0 Å². The molecule has 3 nitrogen and oxygen atoms in total. The van der Waals surface area contributed by atoms with Crippen LogP contribution in [0.4, 0.5) is 0 Å². The number of rotatable bonds is 1. The van der Waals surface area contributed by atoms with E-state index in [1.807, 2.05) is 11.8 Å². The number of thioether (sulfide) groups is 1. The van der Waals surface area contributed by atoms with Gasteiger partial charge in [-0.2, -0.15) is 11.8 Å². The monoisotopic (exact) mass is 259 g/mol. The second-order valence-electron chi connectivity index (χ2n) is 4.70. The summed E-state index contributed by atoms with van der Waals surface area (Å²) in [6, 6.07) is 6.40. The van der Waals surface area contributed by atoms with Gasteiger partial charge in [0.05, 0.1) is 0 Å². The second-order valence-corrected chi connectivity index (χ2v) is 5.93. The van der Waals surface area contributed by atoms with Crippen molar-refractivity contribution in [3.05, 3.63) is 35.2 Å². The zero-order chi connectivity index (χ0) is 12.5. The fourth-order valence-electron chi connectivity index (χ4n) is 2.37. The van der Waals surface area contributed by atoms with Gasteiger partial charge in [0, 0.05) is 30.0 Å². The van der Waals surface area contributed by atoms with Crippen molar-refractivity contribution in [2.45, 2.75) is 26.8 Å². The van der Waals surface area contributed by atoms with E-state index < -0.39 is 0 Å². The maximum atomic E-state index is 4.42. The summed E-state index contributed by atoms with van der Waals surface area (Å²) in [6.45, 7) is 5.34. The Morgan fingerprint density at radius 2 is 2.06 bits per heavy atom. The minimum absolute atomic E-state index is 1.02. The lowest BCUT2D eigenvalue weighted by atomic mass is 10.0. The Hall–Kier alpha value is -1.29. The predicted octanol–water partition coefficient (Wildman–Crippen LogP) is 2.85. The van der Waals surface area contributed by atoms with Crippen LogP contribution < -0.4 is 0 Å². The predicted molar refractivity (Wildman–Crippen MR) is 76.0 cm³/mol. The van der Waals surface area contributed by atoms with Crippen molar-refractivity contribution in [2.24, 2.45) is 0 Å². The zero-order valence-electron chi connectivity index (χ0n) is 10.8. The van der Waals surface area contributed by atoms with Crippen molar-refractivity contribution >= 4 is 11.8 Å². The summed E-state index contributed by atoms with van der Waals surface area (Å²) in [7, 11) is 0. The van der Waals surface area contributed by atoms with Crippen LogP contribution in [-0.4, -0.2) is 26.3 Å². The summed E-state index contributed by atoms with van der Waals surface area (Å²) in [5.74, 6) is 4.48. The van der Waals surface area contributed by atoms with Gasteiger partial charge in [0.1, 0.15) is 5.82 Å². The van der Waals surface area contributed by atoms with Crippen LogP contribution in [0.25, 0.3) is 11.4 Å². The fraction of sp³-hybridized carbons (Fsp3) is 0.429. The van der Waals surface area contributed by atoms with E-state index in [4.69, 9.17) is 0 Å². The van der Waals surface area contributed by atoms with Crippen LogP contribution >= 0.6 is 11.8 Å². The molecule has 0 N–H and O–H groups in total.